The van der Waals surface area contributed by atoms with Gasteiger partial charge in [0.25, 0.3) is 0 Å². The van der Waals surface area contributed by atoms with E-state index >= 15 is 0 Å². The highest BCUT2D eigenvalue weighted by atomic mass is 35.5. The van der Waals surface area contributed by atoms with Crippen LogP contribution in [0.1, 0.15) is 30.4 Å². The van der Waals surface area contributed by atoms with Gasteiger partial charge >= 0.3 is 0 Å². The van der Waals surface area contributed by atoms with Gasteiger partial charge in [0.05, 0.1) is 13.0 Å². The van der Waals surface area contributed by atoms with Gasteiger partial charge in [-0.3, -0.25) is 4.79 Å². The lowest BCUT2D eigenvalue weighted by Crippen LogP contribution is -2.41. The normalized spacial score (nSPS) is 17.2. The van der Waals surface area contributed by atoms with Crippen molar-refractivity contribution in [1.82, 2.24) is 10.2 Å². The molecule has 1 amide bonds. The van der Waals surface area contributed by atoms with Crippen LogP contribution in [0.5, 0.6) is 5.75 Å². The third kappa shape index (κ3) is 4.62. The van der Waals surface area contributed by atoms with E-state index in [9.17, 15) is 4.79 Å². The predicted octanol–water partition coefficient (Wildman–Crippen LogP) is 2.70. The van der Waals surface area contributed by atoms with Crippen molar-refractivity contribution in [2.24, 2.45) is 0 Å². The Bertz CT molecular complexity index is 494. The van der Waals surface area contributed by atoms with E-state index in [2.05, 4.69) is 25.2 Å². The minimum Gasteiger partial charge on any atom is -0.493 e. The fraction of sp³-hybridized carbons (Fsp3) is 0.588. The van der Waals surface area contributed by atoms with Crippen LogP contribution in [-0.2, 0) is 4.79 Å². The first-order valence-corrected chi connectivity index (χ1v) is 7.76. The summed E-state index contributed by atoms with van der Waals surface area (Å²) in [5, 5.41) is 3.16. The fourth-order valence-electron chi connectivity index (χ4n) is 2.88. The highest BCUT2D eigenvalue weighted by Crippen LogP contribution is 2.21. The number of carbonyl (C=O) groups excluding carboxylic acids is 1. The molecule has 0 aromatic heterocycles. The molecule has 0 aliphatic carbocycles. The molecule has 1 aromatic carbocycles. The number of rotatable bonds is 6. The second kappa shape index (κ2) is 9.01. The van der Waals surface area contributed by atoms with E-state index in [1.54, 1.807) is 0 Å². The van der Waals surface area contributed by atoms with E-state index in [0.717, 1.165) is 37.2 Å². The molecular formula is C17H27ClN2O2. The van der Waals surface area contributed by atoms with Crippen molar-refractivity contribution < 1.29 is 9.53 Å². The Morgan fingerprint density at radius 2 is 2.18 bits per heavy atom. The quantitative estimate of drug-likeness (QED) is 0.874. The first kappa shape index (κ1) is 18.8. The van der Waals surface area contributed by atoms with Gasteiger partial charge in [-0.15, -0.1) is 12.4 Å². The highest BCUT2D eigenvalue weighted by molar-refractivity contribution is 5.85. The molecule has 5 heteroatoms. The Morgan fingerprint density at radius 3 is 2.91 bits per heavy atom. The van der Waals surface area contributed by atoms with Crippen LogP contribution in [0.4, 0.5) is 0 Å². The van der Waals surface area contributed by atoms with Crippen molar-refractivity contribution >= 4 is 18.3 Å². The number of ether oxygens (including phenoxy) is 1. The zero-order valence-corrected chi connectivity index (χ0v) is 14.5. The molecule has 1 aromatic rings. The molecule has 22 heavy (non-hydrogen) atoms. The summed E-state index contributed by atoms with van der Waals surface area (Å²) in [7, 11) is 1.94. The number of hydrogen-bond donors (Lipinski definition) is 1. The van der Waals surface area contributed by atoms with Crippen LogP contribution in [0.2, 0.25) is 0 Å². The van der Waals surface area contributed by atoms with Crippen LogP contribution >= 0.6 is 12.4 Å². The third-order valence-corrected chi connectivity index (χ3v) is 4.27. The monoisotopic (exact) mass is 326 g/mol. The number of halogens is 1. The maximum absolute atomic E-state index is 12.3. The van der Waals surface area contributed by atoms with E-state index in [1.807, 2.05) is 24.1 Å². The summed E-state index contributed by atoms with van der Waals surface area (Å²) < 4.78 is 5.78. The largest absolute Gasteiger partial charge is 0.493 e. The minimum atomic E-state index is 0. The smallest absolute Gasteiger partial charge is 0.226 e. The zero-order valence-electron chi connectivity index (χ0n) is 13.7. The average molecular weight is 327 g/mol. The van der Waals surface area contributed by atoms with Gasteiger partial charge in [0.1, 0.15) is 5.75 Å². The summed E-state index contributed by atoms with van der Waals surface area (Å²) in [6, 6.07) is 6.37. The average Bonchev–Trinajstić information content (AvgIpc) is 2.92. The van der Waals surface area contributed by atoms with Crippen LogP contribution < -0.4 is 10.1 Å². The summed E-state index contributed by atoms with van der Waals surface area (Å²) in [5.74, 6) is 1.09. The van der Waals surface area contributed by atoms with E-state index in [-0.39, 0.29) is 18.3 Å². The Kier molecular flexibility index (Phi) is 7.69. The molecule has 4 nitrogen and oxygen atoms in total. The number of carbonyl (C=O) groups is 1. The molecule has 2 rings (SSSR count). The molecule has 1 heterocycles. The molecule has 1 unspecified atom stereocenters. The Hall–Kier alpha value is -1.26. The van der Waals surface area contributed by atoms with Crippen LogP contribution in [0, 0.1) is 13.8 Å². The minimum absolute atomic E-state index is 0. The van der Waals surface area contributed by atoms with Crippen LogP contribution in [-0.4, -0.2) is 43.6 Å². The van der Waals surface area contributed by atoms with Crippen molar-refractivity contribution in [1.29, 1.82) is 0 Å². The molecule has 1 N–H and O–H groups in total. The molecule has 1 aliphatic heterocycles. The lowest BCUT2D eigenvalue weighted by molar-refractivity contribution is -0.132. The van der Waals surface area contributed by atoms with Crippen molar-refractivity contribution in [2.45, 2.75) is 39.2 Å². The molecule has 124 valence electrons. The van der Waals surface area contributed by atoms with Gasteiger partial charge in [0, 0.05) is 19.1 Å². The van der Waals surface area contributed by atoms with E-state index in [1.165, 1.54) is 5.56 Å². The topological polar surface area (TPSA) is 41.6 Å². The Morgan fingerprint density at radius 1 is 1.41 bits per heavy atom. The van der Waals surface area contributed by atoms with E-state index in [0.29, 0.717) is 19.1 Å². The lowest BCUT2D eigenvalue weighted by atomic mass is 10.1. The first-order valence-electron chi connectivity index (χ1n) is 7.76. The Balaban J connectivity index is 0.00000242. The van der Waals surface area contributed by atoms with Crippen LogP contribution in [0.25, 0.3) is 0 Å². The second-order valence-corrected chi connectivity index (χ2v) is 5.74. The van der Waals surface area contributed by atoms with Crippen LogP contribution in [0.3, 0.4) is 0 Å². The van der Waals surface area contributed by atoms with Gasteiger partial charge in [0.2, 0.25) is 5.91 Å². The number of nitrogens with zero attached hydrogens (tertiary/aromatic N) is 1. The van der Waals surface area contributed by atoms with Crippen molar-refractivity contribution in [3.05, 3.63) is 29.3 Å². The summed E-state index contributed by atoms with van der Waals surface area (Å²) in [4.78, 5) is 14.3. The molecule has 0 spiro atoms. The number of aryl methyl sites for hydroxylation is 1. The van der Waals surface area contributed by atoms with Gasteiger partial charge < -0.3 is 15.0 Å². The molecule has 1 aliphatic rings. The Labute approximate surface area is 139 Å². The van der Waals surface area contributed by atoms with Gasteiger partial charge in [-0.2, -0.15) is 0 Å². The van der Waals surface area contributed by atoms with Crippen molar-refractivity contribution in [3.63, 3.8) is 0 Å². The standard InChI is InChI=1S/C17H26N2O2.ClH/c1-13-6-4-8-16(14(13)2)21-11-9-17(20)19-10-5-7-15(19)12-18-3;/h4,6,8,15,18H,5,7,9-12H2,1-3H3;1H. The molecular weight excluding hydrogens is 300 g/mol. The predicted molar refractivity (Wildman–Crippen MR) is 91.9 cm³/mol. The number of amides is 1. The fourth-order valence-corrected chi connectivity index (χ4v) is 2.88. The summed E-state index contributed by atoms with van der Waals surface area (Å²) in [6.07, 6.45) is 2.66. The van der Waals surface area contributed by atoms with E-state index in [4.69, 9.17) is 4.74 Å². The molecule has 0 radical (unpaired) electrons. The third-order valence-electron chi connectivity index (χ3n) is 4.27. The molecule has 1 saturated heterocycles. The summed E-state index contributed by atoms with van der Waals surface area (Å²) >= 11 is 0. The number of nitrogens with one attached hydrogen (secondary N) is 1. The van der Waals surface area contributed by atoms with Gasteiger partial charge in [-0.1, -0.05) is 12.1 Å². The first-order chi connectivity index (χ1) is 10.1. The molecule has 1 fully saturated rings. The van der Waals surface area contributed by atoms with Crippen molar-refractivity contribution in [3.8, 4) is 5.75 Å². The number of hydrogen-bond acceptors (Lipinski definition) is 3. The number of likely N-dealkylation sites (N-methyl/N-ethyl adjacent to an activating group) is 1. The van der Waals surface area contributed by atoms with Crippen molar-refractivity contribution in [2.75, 3.05) is 26.7 Å². The molecule has 0 bridgehead atoms. The maximum atomic E-state index is 12.3. The number of likely N-dealkylation sites (tertiary alicyclic amines) is 1. The molecule has 1 atom stereocenters. The van der Waals surface area contributed by atoms with Gasteiger partial charge in [0.15, 0.2) is 0 Å². The zero-order chi connectivity index (χ0) is 15.2. The van der Waals surface area contributed by atoms with Crippen LogP contribution in [0.15, 0.2) is 18.2 Å². The SMILES string of the molecule is CNCC1CCCN1C(=O)CCOc1cccc(C)c1C.Cl. The second-order valence-electron chi connectivity index (χ2n) is 5.74. The van der Waals surface area contributed by atoms with Gasteiger partial charge in [-0.05, 0) is 50.9 Å². The summed E-state index contributed by atoms with van der Waals surface area (Å²) in [6.45, 7) is 6.33. The maximum Gasteiger partial charge on any atom is 0.226 e. The summed E-state index contributed by atoms with van der Waals surface area (Å²) in [5.41, 5.74) is 2.37. The lowest BCUT2D eigenvalue weighted by Gasteiger charge is -2.24. The van der Waals surface area contributed by atoms with Gasteiger partial charge in [-0.25, -0.2) is 0 Å². The van der Waals surface area contributed by atoms with E-state index < -0.39 is 0 Å². The highest BCUT2D eigenvalue weighted by Gasteiger charge is 2.27. The molecule has 0 saturated carbocycles. The number of benzene rings is 1.